The van der Waals surface area contributed by atoms with Crippen LogP contribution in [0.2, 0.25) is 0 Å². The Morgan fingerprint density at radius 3 is 1.29 bits per heavy atom. The van der Waals surface area contributed by atoms with Crippen LogP contribution in [0.4, 0.5) is 0 Å². The van der Waals surface area contributed by atoms with Crippen molar-refractivity contribution in [1.29, 1.82) is 0 Å². The highest BCUT2D eigenvalue weighted by molar-refractivity contribution is 5.80. The monoisotopic (exact) mass is 1230 g/mol. The highest BCUT2D eigenvalue weighted by Crippen LogP contribution is 2.32. The molecule has 3 aliphatic rings. The molecule has 3 saturated heterocycles. The standard InChI is InChI=1S/C22H28N8O.2C22H28N8/c1-3-19(4-2)29-12-17(10-26-29)22-21-5-6-24-30(21)14-20(27-22)16-9-25-28(11-16)13-18-15-31-8-7-23-18;1-3-18(4-2)28-14-17(11-26-28)22-21-7-9-24-30(21)15-20(27-22)16-10-25-29(13-16)19-6-5-8-23-12-19;1-3-19(4-2)29-13-17(11-26-29)22-21-7-9-24-30(21)15-20(27-22)16-10-25-28(12-16)14-18-6-5-8-23-18/h5-6,9-12,14,18-19,23H,3-4,7-8,13,15H2,1-2H3;7,9-11,13-15,18-19,23H,3-6,8,12H2,1-2H3;7,9-13,15,18-19,23H,3-6,8,14H2,1-2H3/t18-;19-;18-/m010/s1. The molecule has 0 saturated carbocycles. The number of hydrogen-bond acceptors (Lipinski definition) is 16. The summed E-state index contributed by atoms with van der Waals surface area (Å²) < 4.78 is 23.4. The summed E-state index contributed by atoms with van der Waals surface area (Å²) in [6.07, 6.45) is 46.3. The van der Waals surface area contributed by atoms with E-state index in [-0.39, 0.29) is 6.04 Å². The van der Waals surface area contributed by atoms with E-state index in [2.05, 4.69) is 148 Å². The van der Waals surface area contributed by atoms with E-state index >= 15 is 0 Å². The van der Waals surface area contributed by atoms with E-state index in [1.54, 1.807) is 6.20 Å². The number of fused-ring (bicyclic) bond motifs is 3. The number of nitrogens with zero attached hydrogens (tertiary/aromatic N) is 21. The lowest BCUT2D eigenvalue weighted by Crippen LogP contribution is -2.43. The van der Waals surface area contributed by atoms with E-state index in [1.165, 1.54) is 19.3 Å². The summed E-state index contributed by atoms with van der Waals surface area (Å²) in [7, 11) is 0. The summed E-state index contributed by atoms with van der Waals surface area (Å²) in [4.78, 5) is 15.0. The van der Waals surface area contributed by atoms with Crippen molar-refractivity contribution in [3.8, 4) is 67.5 Å². The fraction of sp³-hybridized carbons (Fsp3) is 0.455. The van der Waals surface area contributed by atoms with Gasteiger partial charge in [0.25, 0.3) is 0 Å². The van der Waals surface area contributed by atoms with Crippen LogP contribution in [0.25, 0.3) is 84.1 Å². The number of hydrogen-bond donors (Lipinski definition) is 3. The van der Waals surface area contributed by atoms with Crippen molar-refractivity contribution in [1.82, 2.24) is 118 Å². The van der Waals surface area contributed by atoms with Crippen LogP contribution >= 0.6 is 0 Å². The van der Waals surface area contributed by atoms with Gasteiger partial charge in [-0.05, 0) is 95.5 Å². The first-order chi connectivity index (χ1) is 44.8. The molecule has 0 bridgehead atoms. The van der Waals surface area contributed by atoms with E-state index in [1.807, 2.05) is 120 Å². The van der Waals surface area contributed by atoms with Gasteiger partial charge in [0.05, 0.1) is 182 Å². The zero-order chi connectivity index (χ0) is 62.2. The lowest BCUT2D eigenvalue weighted by atomic mass is 10.1. The Balaban J connectivity index is 0.000000125. The first-order valence-corrected chi connectivity index (χ1v) is 32.8. The molecule has 3 atom stereocenters. The van der Waals surface area contributed by atoms with Crippen molar-refractivity contribution in [3.63, 3.8) is 0 Å². The van der Waals surface area contributed by atoms with Gasteiger partial charge in [-0.3, -0.25) is 28.1 Å². The smallest absolute Gasteiger partial charge is 0.0999 e. The molecular formula is C66H84N24O. The van der Waals surface area contributed by atoms with Crippen molar-refractivity contribution >= 4 is 16.6 Å². The molecule has 25 nitrogen and oxygen atoms in total. The van der Waals surface area contributed by atoms with Crippen molar-refractivity contribution in [2.75, 3.05) is 39.4 Å². The van der Waals surface area contributed by atoms with E-state index in [0.717, 1.165) is 175 Å². The number of ether oxygens (including phenoxy) is 1. The van der Waals surface area contributed by atoms with Gasteiger partial charge < -0.3 is 20.7 Å². The van der Waals surface area contributed by atoms with Crippen LogP contribution in [-0.2, 0) is 17.8 Å². The third kappa shape index (κ3) is 13.4. The average molecular weight is 1230 g/mol. The molecule has 12 aromatic heterocycles. The van der Waals surface area contributed by atoms with E-state index < -0.39 is 0 Å². The number of morpholine rings is 1. The van der Waals surface area contributed by atoms with Gasteiger partial charge in [-0.2, -0.15) is 45.9 Å². The maximum absolute atomic E-state index is 5.55. The molecule has 0 spiro atoms. The Hall–Kier alpha value is -9.04. The van der Waals surface area contributed by atoms with Gasteiger partial charge in [-0.15, -0.1) is 0 Å². The fourth-order valence-electron chi connectivity index (χ4n) is 12.8. The highest BCUT2D eigenvalue weighted by atomic mass is 16.5. The number of aromatic nitrogens is 21. The van der Waals surface area contributed by atoms with Gasteiger partial charge in [0.2, 0.25) is 0 Å². The molecule has 3 fully saturated rings. The van der Waals surface area contributed by atoms with Crippen LogP contribution in [0, 0.1) is 0 Å². The lowest BCUT2D eigenvalue weighted by molar-refractivity contribution is 0.0702. The Kier molecular flexibility index (Phi) is 18.7. The van der Waals surface area contributed by atoms with Gasteiger partial charge in [-0.25, -0.2) is 28.5 Å². The zero-order valence-corrected chi connectivity index (χ0v) is 53.1. The van der Waals surface area contributed by atoms with E-state index in [9.17, 15) is 0 Å². The van der Waals surface area contributed by atoms with Crippen LogP contribution in [-0.4, -0.2) is 154 Å². The molecule has 0 aromatic carbocycles. The van der Waals surface area contributed by atoms with Crippen molar-refractivity contribution in [2.24, 2.45) is 0 Å². The molecule has 12 aromatic rings. The number of piperidine rings is 1. The molecule has 15 rings (SSSR count). The maximum Gasteiger partial charge on any atom is 0.0999 e. The predicted molar refractivity (Wildman–Crippen MR) is 350 cm³/mol. The van der Waals surface area contributed by atoms with Crippen LogP contribution in [0.1, 0.15) is 130 Å². The second-order valence-electron chi connectivity index (χ2n) is 24.1. The summed E-state index contributed by atoms with van der Waals surface area (Å²) in [5, 5.41) is 51.4. The topological polar surface area (TPSA) is 243 Å². The van der Waals surface area contributed by atoms with Gasteiger partial charge >= 0.3 is 0 Å². The van der Waals surface area contributed by atoms with Crippen LogP contribution in [0.5, 0.6) is 0 Å². The van der Waals surface area contributed by atoms with Crippen LogP contribution in [0.3, 0.4) is 0 Å². The third-order valence-corrected chi connectivity index (χ3v) is 18.1. The molecule has 3 N–H and O–H groups in total. The molecule has 15 heterocycles. The Morgan fingerprint density at radius 1 is 0.440 bits per heavy atom. The van der Waals surface area contributed by atoms with Gasteiger partial charge in [0.15, 0.2) is 0 Å². The minimum Gasteiger partial charge on any atom is -0.378 e. The zero-order valence-electron chi connectivity index (χ0n) is 53.1. The minimum absolute atomic E-state index is 0.273. The summed E-state index contributed by atoms with van der Waals surface area (Å²) in [5.74, 6) is 0. The number of rotatable bonds is 20. The molecule has 91 heavy (non-hydrogen) atoms. The van der Waals surface area contributed by atoms with E-state index in [4.69, 9.17) is 19.7 Å². The quantitative estimate of drug-likeness (QED) is 0.0643. The molecule has 3 aliphatic heterocycles. The predicted octanol–water partition coefficient (Wildman–Crippen LogP) is 10.1. The first kappa shape index (κ1) is 60.8. The normalized spacial score (nSPS) is 17.0. The SMILES string of the molecule is CCC(CC)n1cc(-c2nc(-c3cnn(C[C@@H]4CCCN4)c3)cn3nccc23)cn1.CCC(CC)n1cc(-c2nc(-c3cnn(C[C@H]4COCCN4)c3)cn3nccc23)cn1.CCC(CC)n1cc(-c2nc(-c3cnn([C@@H]4CCCNC4)c3)cn3nccc23)cn1. The average Bonchev–Trinajstić information content (AvgIpc) is 1.86. The summed E-state index contributed by atoms with van der Waals surface area (Å²) >= 11 is 0. The second-order valence-corrected chi connectivity index (χ2v) is 24.1. The van der Waals surface area contributed by atoms with Gasteiger partial charge in [-0.1, -0.05) is 41.5 Å². The molecular weight excluding hydrogens is 1140 g/mol. The summed E-state index contributed by atoms with van der Waals surface area (Å²) in [5.41, 5.74) is 14.1. The molecule has 474 valence electrons. The molecule has 0 amide bonds. The van der Waals surface area contributed by atoms with E-state index in [0.29, 0.717) is 36.8 Å². The second kappa shape index (κ2) is 28.0. The number of nitrogens with one attached hydrogen (secondary N) is 3. The Morgan fingerprint density at radius 2 is 0.868 bits per heavy atom. The largest absolute Gasteiger partial charge is 0.378 e. The summed E-state index contributed by atoms with van der Waals surface area (Å²) in [6.45, 7) is 20.3. The molecule has 0 aliphatic carbocycles. The van der Waals surface area contributed by atoms with Crippen LogP contribution in [0.15, 0.2) is 130 Å². The third-order valence-electron chi connectivity index (χ3n) is 18.1. The minimum atomic E-state index is 0.273. The summed E-state index contributed by atoms with van der Waals surface area (Å²) in [6, 6.07) is 8.37. The fourth-order valence-corrected chi connectivity index (χ4v) is 12.8. The first-order valence-electron chi connectivity index (χ1n) is 32.8. The lowest BCUT2D eigenvalue weighted by Gasteiger charge is -2.23. The highest BCUT2D eigenvalue weighted by Gasteiger charge is 2.23. The van der Waals surface area contributed by atoms with Crippen molar-refractivity contribution < 1.29 is 4.74 Å². The van der Waals surface area contributed by atoms with Gasteiger partial charge in [0, 0.05) is 89.7 Å². The molecule has 25 heteroatoms. The Labute approximate surface area is 529 Å². The molecule has 0 unspecified atom stereocenters. The van der Waals surface area contributed by atoms with Crippen LogP contribution < -0.4 is 16.0 Å². The van der Waals surface area contributed by atoms with Crippen molar-refractivity contribution in [3.05, 3.63) is 130 Å². The molecule has 0 radical (unpaired) electrons. The van der Waals surface area contributed by atoms with Gasteiger partial charge in [0.1, 0.15) is 0 Å². The Bertz CT molecular complexity index is 4270. The van der Waals surface area contributed by atoms with Crippen molar-refractivity contribution in [2.45, 2.75) is 155 Å². The maximum atomic E-state index is 5.55.